The smallest absolute Gasteiger partial charge is 0.127 e. The van der Waals surface area contributed by atoms with Gasteiger partial charge in [0, 0.05) is 6.20 Å². The van der Waals surface area contributed by atoms with E-state index in [0.717, 1.165) is 12.8 Å². The monoisotopic (exact) mass is 219 g/mol. The minimum Gasteiger partial charge on any atom is -0.394 e. The molecule has 2 N–H and O–H groups in total. The summed E-state index contributed by atoms with van der Waals surface area (Å²) in [7, 11) is 0. The molecule has 0 spiro atoms. The van der Waals surface area contributed by atoms with Crippen molar-refractivity contribution in [3.05, 3.63) is 23.9 Å². The second kappa shape index (κ2) is 5.47. The zero-order valence-electron chi connectivity index (χ0n) is 9.70. The molecule has 0 saturated carbocycles. The number of pyridine rings is 1. The van der Waals surface area contributed by atoms with Crippen LogP contribution >= 0.6 is 0 Å². The number of hydrogen-bond acceptors (Lipinski definition) is 4. The Morgan fingerprint density at radius 3 is 2.69 bits per heavy atom. The first kappa shape index (κ1) is 12.5. The van der Waals surface area contributed by atoms with Gasteiger partial charge in [-0.05, 0) is 25.0 Å². The molecule has 0 fully saturated rings. The molecule has 0 atom stereocenters. The summed E-state index contributed by atoms with van der Waals surface area (Å²) in [4.78, 5) is 4.14. The Morgan fingerprint density at radius 2 is 2.19 bits per heavy atom. The van der Waals surface area contributed by atoms with Gasteiger partial charge in [0.25, 0.3) is 0 Å². The van der Waals surface area contributed by atoms with E-state index in [4.69, 9.17) is 5.26 Å². The lowest BCUT2D eigenvalue weighted by atomic mass is 9.94. The third kappa shape index (κ3) is 2.71. The number of nitrogens with one attached hydrogen (secondary N) is 1. The highest BCUT2D eigenvalue weighted by molar-refractivity contribution is 5.44. The van der Waals surface area contributed by atoms with Gasteiger partial charge in [0.1, 0.15) is 5.82 Å². The predicted octanol–water partition coefficient (Wildman–Crippen LogP) is 1.92. The van der Waals surface area contributed by atoms with Gasteiger partial charge >= 0.3 is 0 Å². The Bertz CT molecular complexity index is 372. The molecule has 0 unspecified atom stereocenters. The molecule has 4 heteroatoms. The van der Waals surface area contributed by atoms with Gasteiger partial charge in [-0.25, -0.2) is 4.98 Å². The van der Waals surface area contributed by atoms with Gasteiger partial charge in [0.2, 0.25) is 0 Å². The number of nitriles is 1. The maximum absolute atomic E-state index is 9.41. The van der Waals surface area contributed by atoms with Crippen molar-refractivity contribution in [1.29, 1.82) is 5.26 Å². The lowest BCUT2D eigenvalue weighted by molar-refractivity contribution is 0.202. The fourth-order valence-electron chi connectivity index (χ4n) is 1.53. The van der Waals surface area contributed by atoms with Crippen LogP contribution in [0.25, 0.3) is 0 Å². The van der Waals surface area contributed by atoms with Crippen LogP contribution in [0.1, 0.15) is 32.3 Å². The molecule has 16 heavy (non-hydrogen) atoms. The van der Waals surface area contributed by atoms with Crippen LogP contribution in [-0.4, -0.2) is 22.2 Å². The van der Waals surface area contributed by atoms with E-state index in [1.54, 1.807) is 18.3 Å². The van der Waals surface area contributed by atoms with Crippen LogP contribution in [0.2, 0.25) is 0 Å². The first-order valence-electron chi connectivity index (χ1n) is 5.45. The Balaban J connectivity index is 2.90. The van der Waals surface area contributed by atoms with Gasteiger partial charge in [-0.3, -0.25) is 0 Å². The van der Waals surface area contributed by atoms with Crippen molar-refractivity contribution in [2.45, 2.75) is 32.2 Å². The highest BCUT2D eigenvalue weighted by atomic mass is 16.3. The Kier molecular flexibility index (Phi) is 4.27. The van der Waals surface area contributed by atoms with Crippen LogP contribution < -0.4 is 5.32 Å². The molecule has 4 nitrogen and oxygen atoms in total. The average molecular weight is 219 g/mol. The van der Waals surface area contributed by atoms with E-state index in [1.165, 1.54) is 0 Å². The van der Waals surface area contributed by atoms with E-state index in [1.807, 2.05) is 13.8 Å². The Labute approximate surface area is 95.9 Å². The minimum atomic E-state index is -0.346. The first-order chi connectivity index (χ1) is 7.69. The molecule has 0 aliphatic carbocycles. The quantitative estimate of drug-likeness (QED) is 0.793. The normalized spacial score (nSPS) is 10.9. The van der Waals surface area contributed by atoms with E-state index < -0.39 is 0 Å². The predicted molar refractivity (Wildman–Crippen MR) is 63.0 cm³/mol. The Morgan fingerprint density at radius 1 is 1.50 bits per heavy atom. The summed E-state index contributed by atoms with van der Waals surface area (Å²) in [6.07, 6.45) is 3.20. The van der Waals surface area contributed by atoms with Crippen molar-refractivity contribution in [1.82, 2.24) is 4.98 Å². The molecule has 1 rings (SSSR count). The molecular formula is C12H17N3O. The minimum absolute atomic E-state index is 0.0540. The van der Waals surface area contributed by atoms with Crippen LogP contribution in [-0.2, 0) is 0 Å². The molecule has 0 amide bonds. The van der Waals surface area contributed by atoms with E-state index in [9.17, 15) is 5.11 Å². The number of rotatable bonds is 5. The van der Waals surface area contributed by atoms with Gasteiger partial charge in [0.15, 0.2) is 0 Å². The molecule has 0 bridgehead atoms. The van der Waals surface area contributed by atoms with Crippen molar-refractivity contribution < 1.29 is 5.11 Å². The molecule has 0 aliphatic rings. The largest absolute Gasteiger partial charge is 0.394 e. The molecule has 1 aromatic rings. The van der Waals surface area contributed by atoms with Crippen molar-refractivity contribution in [2.24, 2.45) is 0 Å². The van der Waals surface area contributed by atoms with E-state index >= 15 is 0 Å². The number of nitrogens with zero attached hydrogens (tertiary/aromatic N) is 2. The average Bonchev–Trinajstić information content (AvgIpc) is 2.36. The number of anilines is 1. The van der Waals surface area contributed by atoms with E-state index in [-0.39, 0.29) is 12.1 Å². The SMILES string of the molecule is CCC(CC)(CO)Nc1cc(C#N)ccn1. The van der Waals surface area contributed by atoms with Gasteiger partial charge < -0.3 is 10.4 Å². The zero-order chi connectivity index (χ0) is 12.0. The molecular weight excluding hydrogens is 202 g/mol. The summed E-state index contributed by atoms with van der Waals surface area (Å²) in [6, 6.07) is 5.41. The van der Waals surface area contributed by atoms with Crippen molar-refractivity contribution in [3.8, 4) is 6.07 Å². The zero-order valence-corrected chi connectivity index (χ0v) is 9.70. The van der Waals surface area contributed by atoms with Gasteiger partial charge in [0.05, 0.1) is 23.8 Å². The van der Waals surface area contributed by atoms with Crippen LogP contribution in [0, 0.1) is 11.3 Å². The van der Waals surface area contributed by atoms with Crippen LogP contribution in [0.5, 0.6) is 0 Å². The van der Waals surface area contributed by atoms with Crippen molar-refractivity contribution in [3.63, 3.8) is 0 Å². The van der Waals surface area contributed by atoms with Gasteiger partial charge in [-0.2, -0.15) is 5.26 Å². The highest BCUT2D eigenvalue weighted by Crippen LogP contribution is 2.20. The highest BCUT2D eigenvalue weighted by Gasteiger charge is 2.25. The summed E-state index contributed by atoms with van der Waals surface area (Å²) in [6.45, 7) is 4.08. The number of aromatic nitrogens is 1. The number of aliphatic hydroxyl groups is 1. The van der Waals surface area contributed by atoms with Crippen LogP contribution in [0.4, 0.5) is 5.82 Å². The third-order valence-corrected chi connectivity index (χ3v) is 2.94. The van der Waals surface area contributed by atoms with Crippen LogP contribution in [0.3, 0.4) is 0 Å². The second-order valence-electron chi connectivity index (χ2n) is 3.81. The summed E-state index contributed by atoms with van der Waals surface area (Å²) >= 11 is 0. The second-order valence-corrected chi connectivity index (χ2v) is 3.81. The van der Waals surface area contributed by atoms with Crippen LogP contribution in [0.15, 0.2) is 18.3 Å². The maximum atomic E-state index is 9.41. The fourth-order valence-corrected chi connectivity index (χ4v) is 1.53. The summed E-state index contributed by atoms with van der Waals surface area (Å²) in [5.74, 6) is 0.636. The maximum Gasteiger partial charge on any atom is 0.127 e. The molecule has 1 aromatic heterocycles. The standard InChI is InChI=1S/C12H17N3O/c1-3-12(4-2,9-16)15-11-7-10(8-13)5-6-14-11/h5-7,16H,3-4,9H2,1-2H3,(H,14,15). The first-order valence-corrected chi connectivity index (χ1v) is 5.45. The topological polar surface area (TPSA) is 68.9 Å². The molecule has 86 valence electrons. The summed E-state index contributed by atoms with van der Waals surface area (Å²) in [5, 5.41) is 21.4. The van der Waals surface area contributed by atoms with E-state index in [2.05, 4.69) is 16.4 Å². The number of aliphatic hydroxyl groups excluding tert-OH is 1. The third-order valence-electron chi connectivity index (χ3n) is 2.94. The lowest BCUT2D eigenvalue weighted by Crippen LogP contribution is -2.41. The molecule has 0 saturated heterocycles. The molecule has 0 radical (unpaired) electrons. The summed E-state index contributed by atoms with van der Waals surface area (Å²) < 4.78 is 0. The number of hydrogen-bond donors (Lipinski definition) is 2. The van der Waals surface area contributed by atoms with Gasteiger partial charge in [-0.1, -0.05) is 13.8 Å². The van der Waals surface area contributed by atoms with E-state index in [0.29, 0.717) is 11.4 Å². The summed E-state index contributed by atoms with van der Waals surface area (Å²) in [5.41, 5.74) is 0.220. The van der Waals surface area contributed by atoms with Gasteiger partial charge in [-0.15, -0.1) is 0 Å². The lowest BCUT2D eigenvalue weighted by Gasteiger charge is -2.31. The molecule has 1 heterocycles. The molecule has 0 aromatic carbocycles. The molecule has 0 aliphatic heterocycles. The Hall–Kier alpha value is -1.60. The van der Waals surface area contributed by atoms with Crippen molar-refractivity contribution in [2.75, 3.05) is 11.9 Å². The van der Waals surface area contributed by atoms with Crippen molar-refractivity contribution >= 4 is 5.82 Å². The fraction of sp³-hybridized carbons (Fsp3) is 0.500.